The van der Waals surface area contributed by atoms with Crippen LogP contribution in [-0.2, 0) is 23.0 Å². The number of anilines is 1. The predicted molar refractivity (Wildman–Crippen MR) is 129 cm³/mol. The molecule has 8 nitrogen and oxygen atoms in total. The van der Waals surface area contributed by atoms with E-state index in [1.165, 1.54) is 9.87 Å². The Hall–Kier alpha value is -3.19. The lowest BCUT2D eigenvalue weighted by Gasteiger charge is -2.33. The summed E-state index contributed by atoms with van der Waals surface area (Å²) in [6.45, 7) is 7.33. The Labute approximate surface area is 200 Å². The summed E-state index contributed by atoms with van der Waals surface area (Å²) in [4.78, 5) is 9.01. The van der Waals surface area contributed by atoms with Crippen LogP contribution in [0, 0.1) is 11.3 Å². The van der Waals surface area contributed by atoms with Crippen LogP contribution in [0.3, 0.4) is 0 Å². The summed E-state index contributed by atoms with van der Waals surface area (Å²) in [6.07, 6.45) is 0.704. The molecule has 1 fully saturated rings. The van der Waals surface area contributed by atoms with Crippen molar-refractivity contribution in [3.63, 3.8) is 0 Å². The molecule has 176 valence electrons. The van der Waals surface area contributed by atoms with Crippen LogP contribution in [0.15, 0.2) is 57.8 Å². The highest BCUT2D eigenvalue weighted by atomic mass is 32.2. The van der Waals surface area contributed by atoms with Crippen molar-refractivity contribution in [1.29, 1.82) is 5.26 Å². The minimum Gasteiger partial charge on any atom is -0.419 e. The second-order valence-electron chi connectivity index (χ2n) is 8.59. The van der Waals surface area contributed by atoms with Crippen LogP contribution in [0.25, 0.3) is 11.5 Å². The maximum absolute atomic E-state index is 13.2. The Balaban J connectivity index is 1.35. The Bertz CT molecular complexity index is 1320. The molecule has 0 aliphatic carbocycles. The summed E-state index contributed by atoms with van der Waals surface area (Å²) in [7, 11) is -3.62. The van der Waals surface area contributed by atoms with Crippen LogP contribution in [0.2, 0.25) is 0 Å². The molecule has 0 N–H and O–H groups in total. The van der Waals surface area contributed by atoms with Gasteiger partial charge in [0.05, 0.1) is 4.90 Å². The van der Waals surface area contributed by atoms with Crippen molar-refractivity contribution in [2.45, 2.75) is 24.8 Å². The van der Waals surface area contributed by atoms with E-state index in [2.05, 4.69) is 28.9 Å². The largest absolute Gasteiger partial charge is 0.419 e. The number of hydrogen-bond donors (Lipinski definition) is 0. The van der Waals surface area contributed by atoms with E-state index in [4.69, 9.17) is 4.42 Å². The molecule has 1 aromatic heterocycles. The first kappa shape index (κ1) is 22.6. The lowest BCUT2D eigenvalue weighted by atomic mass is 10.0. The number of nitriles is 1. The number of piperazine rings is 1. The van der Waals surface area contributed by atoms with Crippen LogP contribution in [0.5, 0.6) is 0 Å². The van der Waals surface area contributed by atoms with E-state index in [0.29, 0.717) is 36.8 Å². The minimum absolute atomic E-state index is 0.235. The first-order chi connectivity index (χ1) is 16.5. The van der Waals surface area contributed by atoms with E-state index >= 15 is 0 Å². The molecule has 0 bridgehead atoms. The number of likely N-dealkylation sites (N-methyl/N-ethyl adjacent to an activating group) is 1. The van der Waals surface area contributed by atoms with E-state index < -0.39 is 10.0 Å². The molecule has 1 saturated heterocycles. The van der Waals surface area contributed by atoms with Gasteiger partial charge in [0, 0.05) is 44.8 Å². The molecule has 2 aromatic carbocycles. The Kier molecular flexibility index (Phi) is 6.13. The number of hydrogen-bond acceptors (Lipinski definition) is 7. The smallest absolute Gasteiger partial charge is 0.243 e. The molecular formula is C25H27N5O3S. The first-order valence-corrected chi connectivity index (χ1v) is 13.0. The molecule has 34 heavy (non-hydrogen) atoms. The standard InChI is InChI=1S/C25H27N5O3S/c1-2-28-13-15-29(16-14-28)25-23(17-26)27-24(33-25)20-7-9-22(10-8-20)34(31,32)30-12-11-19-5-3-4-6-21(19)18-30/h3-10H,2,11-16,18H2,1H3. The summed E-state index contributed by atoms with van der Waals surface area (Å²) in [5, 5.41) is 9.58. The van der Waals surface area contributed by atoms with Gasteiger partial charge in [-0.3, -0.25) is 0 Å². The summed E-state index contributed by atoms with van der Waals surface area (Å²) in [5.41, 5.74) is 3.14. The van der Waals surface area contributed by atoms with Crippen molar-refractivity contribution in [1.82, 2.24) is 14.2 Å². The molecule has 0 saturated carbocycles. The van der Waals surface area contributed by atoms with Crippen molar-refractivity contribution in [3.8, 4) is 17.5 Å². The molecule has 0 radical (unpaired) electrons. The van der Waals surface area contributed by atoms with Gasteiger partial charge in [-0.05, 0) is 48.4 Å². The van der Waals surface area contributed by atoms with Crippen molar-refractivity contribution < 1.29 is 12.8 Å². The van der Waals surface area contributed by atoms with Crippen LogP contribution < -0.4 is 4.90 Å². The van der Waals surface area contributed by atoms with Gasteiger partial charge in [0.25, 0.3) is 0 Å². The van der Waals surface area contributed by atoms with Gasteiger partial charge in [-0.25, -0.2) is 8.42 Å². The third kappa shape index (κ3) is 4.20. The highest BCUT2D eigenvalue weighted by Gasteiger charge is 2.29. The van der Waals surface area contributed by atoms with E-state index in [-0.39, 0.29) is 10.6 Å². The Morgan fingerprint density at radius 2 is 1.71 bits per heavy atom. The van der Waals surface area contributed by atoms with Crippen LogP contribution in [0.4, 0.5) is 5.88 Å². The fourth-order valence-electron chi connectivity index (χ4n) is 4.58. The normalized spacial score (nSPS) is 17.4. The fraction of sp³-hybridized carbons (Fsp3) is 0.360. The lowest BCUT2D eigenvalue weighted by Crippen LogP contribution is -2.46. The average Bonchev–Trinajstić information content (AvgIpc) is 3.33. The summed E-state index contributed by atoms with van der Waals surface area (Å²) >= 11 is 0. The molecule has 0 spiro atoms. The van der Waals surface area contributed by atoms with E-state index in [1.807, 2.05) is 23.1 Å². The summed E-state index contributed by atoms with van der Waals surface area (Å²) in [5.74, 6) is 0.803. The minimum atomic E-state index is -3.62. The summed E-state index contributed by atoms with van der Waals surface area (Å²) < 4.78 is 34.0. The molecule has 9 heteroatoms. The van der Waals surface area contributed by atoms with Crippen LogP contribution >= 0.6 is 0 Å². The molecule has 3 aromatic rings. The maximum Gasteiger partial charge on any atom is 0.243 e. The number of aromatic nitrogens is 1. The monoisotopic (exact) mass is 477 g/mol. The zero-order valence-corrected chi connectivity index (χ0v) is 20.0. The molecule has 3 heterocycles. The lowest BCUT2D eigenvalue weighted by molar-refractivity contribution is 0.266. The molecular weight excluding hydrogens is 450 g/mol. The van der Waals surface area contributed by atoms with Gasteiger partial charge in [0.2, 0.25) is 27.5 Å². The number of rotatable bonds is 5. The zero-order valence-electron chi connectivity index (χ0n) is 19.1. The highest BCUT2D eigenvalue weighted by Crippen LogP contribution is 2.31. The summed E-state index contributed by atoms with van der Waals surface area (Å²) in [6, 6.07) is 16.6. The van der Waals surface area contributed by atoms with Crippen molar-refractivity contribution >= 4 is 15.9 Å². The van der Waals surface area contributed by atoms with Gasteiger partial charge in [-0.15, -0.1) is 0 Å². The van der Waals surface area contributed by atoms with E-state index in [9.17, 15) is 13.7 Å². The number of benzene rings is 2. The number of fused-ring (bicyclic) bond motifs is 1. The van der Waals surface area contributed by atoms with Gasteiger partial charge in [0.1, 0.15) is 6.07 Å². The SMILES string of the molecule is CCN1CCN(c2oc(-c3ccc(S(=O)(=O)N4CCc5ccccc5C4)cc3)nc2C#N)CC1. The Morgan fingerprint density at radius 1 is 1.00 bits per heavy atom. The average molecular weight is 478 g/mol. The van der Waals surface area contributed by atoms with E-state index in [0.717, 1.165) is 38.3 Å². The van der Waals surface area contributed by atoms with Gasteiger partial charge < -0.3 is 14.2 Å². The third-order valence-corrected chi connectivity index (χ3v) is 8.52. The molecule has 0 amide bonds. The molecule has 5 rings (SSSR count). The molecule has 2 aliphatic heterocycles. The van der Waals surface area contributed by atoms with Crippen molar-refractivity contribution in [3.05, 3.63) is 65.4 Å². The number of nitrogens with zero attached hydrogens (tertiary/aromatic N) is 5. The van der Waals surface area contributed by atoms with Gasteiger partial charge in [-0.1, -0.05) is 31.2 Å². The fourth-order valence-corrected chi connectivity index (χ4v) is 6.00. The highest BCUT2D eigenvalue weighted by molar-refractivity contribution is 7.89. The predicted octanol–water partition coefficient (Wildman–Crippen LogP) is 3.10. The molecule has 0 unspecified atom stereocenters. The van der Waals surface area contributed by atoms with Crippen LogP contribution in [0.1, 0.15) is 23.7 Å². The number of sulfonamides is 1. The second kappa shape index (κ2) is 9.22. The second-order valence-corrected chi connectivity index (χ2v) is 10.5. The van der Waals surface area contributed by atoms with Gasteiger partial charge in [-0.2, -0.15) is 14.6 Å². The quantitative estimate of drug-likeness (QED) is 0.557. The van der Waals surface area contributed by atoms with Crippen molar-refractivity contribution in [2.24, 2.45) is 0 Å². The third-order valence-electron chi connectivity index (χ3n) is 6.66. The van der Waals surface area contributed by atoms with E-state index in [1.54, 1.807) is 24.3 Å². The zero-order chi connectivity index (χ0) is 23.7. The molecule has 0 atom stereocenters. The topological polar surface area (TPSA) is 93.7 Å². The molecule has 2 aliphatic rings. The first-order valence-electron chi connectivity index (χ1n) is 11.5. The van der Waals surface area contributed by atoms with Crippen LogP contribution in [-0.4, -0.2) is 61.9 Å². The van der Waals surface area contributed by atoms with Gasteiger partial charge >= 0.3 is 0 Å². The van der Waals surface area contributed by atoms with Crippen molar-refractivity contribution in [2.75, 3.05) is 44.2 Å². The van der Waals surface area contributed by atoms with Gasteiger partial charge in [0.15, 0.2) is 0 Å². The maximum atomic E-state index is 13.2. The Morgan fingerprint density at radius 3 is 2.38 bits per heavy atom. The number of oxazole rings is 1.